The summed E-state index contributed by atoms with van der Waals surface area (Å²) in [7, 11) is 0. The maximum atomic E-state index is 2.74. The van der Waals surface area contributed by atoms with E-state index >= 15 is 0 Å². The molecule has 4 heteroatoms. The summed E-state index contributed by atoms with van der Waals surface area (Å²) >= 11 is 0. The van der Waals surface area contributed by atoms with Crippen molar-refractivity contribution in [2.24, 2.45) is 0 Å². The molecule has 16 heavy (non-hydrogen) atoms. The number of halogens is 2. The molecule has 0 atom stereocenters. The first kappa shape index (κ1) is 30.1. The van der Waals surface area contributed by atoms with Crippen LogP contribution < -0.4 is 24.8 Å². The number of hydrogen-bond donors (Lipinski definition) is 1. The second-order valence-electron chi connectivity index (χ2n) is 3.81. The average Bonchev–Trinajstić information content (AvgIpc) is 2.35. The van der Waals surface area contributed by atoms with Crippen LogP contribution in [-0.4, -0.2) is 4.98 Å². The third kappa shape index (κ3) is 84.4. The zero-order valence-electron chi connectivity index (χ0n) is 11.0. The molecule has 1 heterocycles. The van der Waals surface area contributed by atoms with Crippen molar-refractivity contribution in [3.05, 3.63) is 36.4 Å². The minimum absolute atomic E-state index is 0. The molecule has 0 saturated heterocycles. The molecule has 0 bridgehead atoms. The predicted octanol–water partition coefficient (Wildman–Crippen LogP) is -1.94. The zero-order valence-corrected chi connectivity index (χ0v) is 15.0. The molecule has 1 aromatic heterocycles. The van der Waals surface area contributed by atoms with E-state index in [0.29, 0.717) is 0 Å². The zero-order chi connectivity index (χ0) is 10.7. The third-order valence-electron chi connectivity index (χ3n) is 0.442. The van der Waals surface area contributed by atoms with Gasteiger partial charge in [-0.25, -0.2) is 0 Å². The van der Waals surface area contributed by atoms with Gasteiger partial charge in [-0.3, -0.25) is 0 Å². The van der Waals surface area contributed by atoms with Crippen molar-refractivity contribution in [2.75, 3.05) is 0 Å². The van der Waals surface area contributed by atoms with Gasteiger partial charge in [0, 0.05) is 0 Å². The Morgan fingerprint density at radius 3 is 1.25 bits per heavy atom. The van der Waals surface area contributed by atoms with Crippen molar-refractivity contribution in [1.29, 1.82) is 0 Å². The first-order valence-electron chi connectivity index (χ1n) is 4.49. The van der Waals surface area contributed by atoms with E-state index in [-0.39, 0.29) is 51.0 Å². The smallest absolute Gasteiger partial charge is 1.00 e. The Balaban J connectivity index is -0.0000000350. The topological polar surface area (TPSA) is 15.8 Å². The summed E-state index contributed by atoms with van der Waals surface area (Å²) < 4.78 is 0. The number of hydrogen-bond acceptors (Lipinski definition) is 0. The van der Waals surface area contributed by atoms with Crippen LogP contribution in [0.5, 0.6) is 0 Å². The fourth-order valence-corrected chi connectivity index (χ4v) is 0.241. The van der Waals surface area contributed by atoms with Gasteiger partial charge >= 0.3 is 26.2 Å². The van der Waals surface area contributed by atoms with Gasteiger partial charge in [0.05, 0.1) is 0 Å². The monoisotopic (exact) mass is 340 g/mol. The first-order valence-corrected chi connectivity index (χ1v) is 4.49. The van der Waals surface area contributed by atoms with Crippen LogP contribution in [0.2, 0.25) is 0 Å². The molecule has 0 aliphatic carbocycles. The van der Waals surface area contributed by atoms with E-state index in [0.717, 1.165) is 0 Å². The van der Waals surface area contributed by atoms with Gasteiger partial charge in [-0.05, 0) is 0 Å². The molecule has 0 radical (unpaired) electrons. The van der Waals surface area contributed by atoms with E-state index in [2.05, 4.69) is 52.7 Å². The molecule has 0 aliphatic heterocycles. The fourth-order valence-electron chi connectivity index (χ4n) is 0.241. The van der Waals surface area contributed by atoms with E-state index in [1.165, 1.54) is 11.8 Å². The number of rotatable bonds is 0. The van der Waals surface area contributed by atoms with Crippen LogP contribution in [-0.2, 0) is 26.2 Å². The van der Waals surface area contributed by atoms with E-state index in [9.17, 15) is 0 Å². The van der Waals surface area contributed by atoms with Crippen molar-refractivity contribution < 1.29 is 51.0 Å². The molecular weight excluding hydrogens is 320 g/mol. The minimum atomic E-state index is 0. The van der Waals surface area contributed by atoms with E-state index in [4.69, 9.17) is 0 Å². The number of H-pyrrole nitrogens is 1. The summed E-state index contributed by atoms with van der Waals surface area (Å²) in [6.07, 6.45) is 4.56. The Bertz CT molecular complexity index is 125. The van der Waals surface area contributed by atoms with Crippen molar-refractivity contribution in [2.45, 2.75) is 41.5 Å². The number of nitrogens with one attached hydrogen (secondary N) is 1. The summed E-state index contributed by atoms with van der Waals surface area (Å²) in [6.45, 7) is 12.5. The third-order valence-corrected chi connectivity index (χ3v) is 0.442. The van der Waals surface area contributed by atoms with E-state index < -0.39 is 0 Å². The molecule has 1 aromatic rings. The summed E-state index contributed by atoms with van der Waals surface area (Å²) in [5.74, 6) is 2.83. The Kier molecular flexibility index (Phi) is 46.7. The van der Waals surface area contributed by atoms with Crippen molar-refractivity contribution in [3.8, 4) is 0 Å². The quantitative estimate of drug-likeness (QED) is 0.528. The standard InChI is InChI=1S/C4H4N.2C4H9.2ClH.Zr/c1-2-4-5-3-1;2*1-4(2)3;;;/h1-3,5H;2*1-3H3;2*1H;/q3*-1;;;+2/p-2. The molecule has 0 aromatic carbocycles. The molecule has 0 spiro atoms. The van der Waals surface area contributed by atoms with Gasteiger partial charge < -0.3 is 41.6 Å². The van der Waals surface area contributed by atoms with E-state index in [1.54, 1.807) is 0 Å². The maximum absolute atomic E-state index is 2.74. The van der Waals surface area contributed by atoms with Crippen LogP contribution in [0.1, 0.15) is 41.5 Å². The van der Waals surface area contributed by atoms with Crippen LogP contribution >= 0.6 is 0 Å². The molecule has 0 saturated carbocycles. The minimum Gasteiger partial charge on any atom is -1.00 e. The van der Waals surface area contributed by atoms with Gasteiger partial charge in [-0.2, -0.15) is 59.9 Å². The second kappa shape index (κ2) is 24.8. The van der Waals surface area contributed by atoms with Gasteiger partial charge in [-0.15, -0.1) is 6.20 Å². The van der Waals surface area contributed by atoms with Crippen LogP contribution in [0.25, 0.3) is 0 Å². The first-order chi connectivity index (χ1) is 5.96. The van der Waals surface area contributed by atoms with Crippen LogP contribution in [0.4, 0.5) is 0 Å². The van der Waals surface area contributed by atoms with Crippen molar-refractivity contribution >= 4 is 0 Å². The molecule has 1 rings (SSSR count). The van der Waals surface area contributed by atoms with Gasteiger partial charge in [-0.1, -0.05) is 0 Å². The summed E-state index contributed by atoms with van der Waals surface area (Å²) in [5.41, 5.74) is 0. The van der Waals surface area contributed by atoms with Crippen LogP contribution in [0.3, 0.4) is 0 Å². The van der Waals surface area contributed by atoms with Crippen LogP contribution in [0.15, 0.2) is 18.3 Å². The van der Waals surface area contributed by atoms with E-state index in [1.807, 2.05) is 18.3 Å². The van der Waals surface area contributed by atoms with Gasteiger partial charge in [0.25, 0.3) is 0 Å². The Hall–Kier alpha value is 0.743. The molecule has 1 N–H and O–H groups in total. The summed E-state index contributed by atoms with van der Waals surface area (Å²) in [6, 6.07) is 3.71. The SMILES string of the molecule is C[C-](C)C.C[C-](C)C.[Cl-].[Cl-].[Zr+2].[c-]1ccc[nH]1. The average molecular weight is 342 g/mol. The normalized spacial score (nSPS) is 7.00. The van der Waals surface area contributed by atoms with Gasteiger partial charge in [0.15, 0.2) is 0 Å². The number of aromatic amines is 1. The van der Waals surface area contributed by atoms with Crippen molar-refractivity contribution in [3.63, 3.8) is 0 Å². The largest absolute Gasteiger partial charge is 2.00 e. The number of aromatic nitrogens is 1. The van der Waals surface area contributed by atoms with Crippen molar-refractivity contribution in [1.82, 2.24) is 4.98 Å². The Morgan fingerprint density at radius 1 is 0.875 bits per heavy atom. The molecule has 0 aliphatic rings. The molecule has 0 amide bonds. The molecule has 1 nitrogen and oxygen atoms in total. The molecule has 0 unspecified atom stereocenters. The molecule has 96 valence electrons. The molecular formula is C12H22Cl2NZr-3. The summed E-state index contributed by atoms with van der Waals surface area (Å²) in [5, 5.41) is 0. The summed E-state index contributed by atoms with van der Waals surface area (Å²) in [4.78, 5) is 2.74. The Morgan fingerprint density at radius 2 is 1.19 bits per heavy atom. The fraction of sp³-hybridized carbons (Fsp3) is 0.500. The van der Waals surface area contributed by atoms with Gasteiger partial charge in [0.1, 0.15) is 0 Å². The van der Waals surface area contributed by atoms with Crippen LogP contribution in [0, 0.1) is 18.0 Å². The van der Waals surface area contributed by atoms with Gasteiger partial charge in [0.2, 0.25) is 0 Å². The maximum Gasteiger partial charge on any atom is 2.00 e. The second-order valence-corrected chi connectivity index (χ2v) is 3.81. The predicted molar refractivity (Wildman–Crippen MR) is 60.2 cm³/mol. The Labute approximate surface area is 133 Å². The molecule has 0 fully saturated rings.